The second kappa shape index (κ2) is 5.95. The molecule has 0 radical (unpaired) electrons. The van der Waals surface area contributed by atoms with Crippen molar-refractivity contribution in [3.63, 3.8) is 0 Å². The Labute approximate surface area is 124 Å². The van der Waals surface area contributed by atoms with Crippen LogP contribution < -0.4 is 0 Å². The molecule has 1 atom stereocenters. The lowest BCUT2D eigenvalue weighted by Crippen LogP contribution is -2.40. The van der Waals surface area contributed by atoms with Crippen molar-refractivity contribution < 1.29 is 5.11 Å². The molecule has 21 heavy (non-hydrogen) atoms. The first-order valence-corrected chi connectivity index (χ1v) is 7.43. The Morgan fingerprint density at radius 3 is 2.81 bits per heavy atom. The summed E-state index contributed by atoms with van der Waals surface area (Å²) >= 11 is 0. The second-order valence-corrected chi connectivity index (χ2v) is 5.90. The molecule has 2 aromatic rings. The van der Waals surface area contributed by atoms with Gasteiger partial charge in [-0.2, -0.15) is 5.10 Å². The van der Waals surface area contributed by atoms with Crippen molar-refractivity contribution in [2.45, 2.75) is 45.5 Å². The highest BCUT2D eigenvalue weighted by Crippen LogP contribution is 2.18. The monoisotopic (exact) mass is 290 g/mol. The molecule has 3 heterocycles. The van der Waals surface area contributed by atoms with E-state index in [0.717, 1.165) is 31.3 Å². The molecule has 114 valence electrons. The van der Waals surface area contributed by atoms with Crippen LogP contribution in [0, 0.1) is 0 Å². The molecule has 0 amide bonds. The molecule has 0 bridgehead atoms. The van der Waals surface area contributed by atoms with Crippen LogP contribution in [-0.4, -0.2) is 53.7 Å². The smallest absolute Gasteiger partial charge is 0.147 e. The summed E-state index contributed by atoms with van der Waals surface area (Å²) < 4.78 is 3.97. The first-order chi connectivity index (χ1) is 10.1. The molecule has 2 aromatic heterocycles. The predicted molar refractivity (Wildman–Crippen MR) is 77.6 cm³/mol. The van der Waals surface area contributed by atoms with Gasteiger partial charge in [0, 0.05) is 37.9 Å². The van der Waals surface area contributed by atoms with Gasteiger partial charge in [-0.15, -0.1) is 10.2 Å². The zero-order chi connectivity index (χ0) is 14.8. The van der Waals surface area contributed by atoms with Crippen LogP contribution in [0.2, 0.25) is 0 Å². The van der Waals surface area contributed by atoms with Crippen molar-refractivity contribution in [3.8, 4) is 0 Å². The number of aliphatic hydroxyl groups excluding tert-OH is 1. The number of aliphatic hydroxyl groups is 1. The minimum Gasteiger partial charge on any atom is -0.390 e. The van der Waals surface area contributed by atoms with Crippen LogP contribution in [0.4, 0.5) is 0 Å². The minimum absolute atomic E-state index is 0.392. The molecule has 1 N–H and O–H groups in total. The Kier molecular flexibility index (Phi) is 4.03. The largest absolute Gasteiger partial charge is 0.390 e. The Hall–Kier alpha value is -1.73. The topological polar surface area (TPSA) is 72.0 Å². The van der Waals surface area contributed by atoms with E-state index in [1.807, 2.05) is 12.3 Å². The fraction of sp³-hybridized carbons (Fsp3) is 0.643. The average molecular weight is 290 g/mol. The van der Waals surface area contributed by atoms with Gasteiger partial charge in [0.05, 0.1) is 19.2 Å². The van der Waals surface area contributed by atoms with Gasteiger partial charge in [0.2, 0.25) is 0 Å². The predicted octanol–water partition coefficient (Wildman–Crippen LogP) is 0.475. The van der Waals surface area contributed by atoms with E-state index in [2.05, 4.69) is 38.6 Å². The van der Waals surface area contributed by atoms with Gasteiger partial charge >= 0.3 is 0 Å². The number of nitrogens with zero attached hydrogens (tertiary/aromatic N) is 6. The normalized spacial score (nSPS) is 17.1. The third-order valence-electron chi connectivity index (χ3n) is 3.80. The minimum atomic E-state index is -0.427. The van der Waals surface area contributed by atoms with E-state index in [1.54, 1.807) is 10.9 Å². The number of aromatic nitrogens is 5. The van der Waals surface area contributed by atoms with Crippen molar-refractivity contribution >= 4 is 0 Å². The molecule has 7 nitrogen and oxygen atoms in total. The Bertz CT molecular complexity index is 576. The Morgan fingerprint density at radius 2 is 2.10 bits per heavy atom. The summed E-state index contributed by atoms with van der Waals surface area (Å²) in [5.41, 5.74) is 0. The van der Waals surface area contributed by atoms with E-state index in [0.29, 0.717) is 19.0 Å². The second-order valence-electron chi connectivity index (χ2n) is 5.90. The van der Waals surface area contributed by atoms with Gasteiger partial charge in [-0.1, -0.05) is 13.8 Å². The maximum absolute atomic E-state index is 10.2. The number of hydrogen-bond acceptors (Lipinski definition) is 5. The van der Waals surface area contributed by atoms with Crippen LogP contribution in [0.25, 0.3) is 0 Å². The molecular formula is C14H22N6O. The average Bonchev–Trinajstić information content (AvgIpc) is 3.06. The van der Waals surface area contributed by atoms with E-state index in [1.165, 1.54) is 0 Å². The molecule has 1 aliphatic heterocycles. The Balaban J connectivity index is 1.59. The molecular weight excluding hydrogens is 268 g/mol. The molecule has 0 aliphatic carbocycles. The van der Waals surface area contributed by atoms with Gasteiger partial charge in [0.1, 0.15) is 11.6 Å². The van der Waals surface area contributed by atoms with Crippen LogP contribution >= 0.6 is 0 Å². The van der Waals surface area contributed by atoms with Crippen molar-refractivity contribution in [3.05, 3.63) is 30.1 Å². The maximum atomic E-state index is 10.2. The number of fused-ring (bicyclic) bond motifs is 1. The molecule has 0 aromatic carbocycles. The summed E-state index contributed by atoms with van der Waals surface area (Å²) in [5.74, 6) is 2.45. The molecule has 3 rings (SSSR count). The van der Waals surface area contributed by atoms with Crippen LogP contribution in [0.1, 0.15) is 31.4 Å². The van der Waals surface area contributed by atoms with Crippen molar-refractivity contribution in [2.75, 3.05) is 13.1 Å². The molecule has 7 heteroatoms. The summed E-state index contributed by atoms with van der Waals surface area (Å²) in [4.78, 5) is 2.22. The SMILES string of the molecule is CC(C)c1nnc2n1CCN(C[C@H](O)Cn1cccn1)C2. The van der Waals surface area contributed by atoms with Crippen LogP contribution in [0.15, 0.2) is 18.5 Å². The van der Waals surface area contributed by atoms with Gasteiger partial charge in [-0.05, 0) is 6.07 Å². The maximum Gasteiger partial charge on any atom is 0.147 e. The fourth-order valence-corrected chi connectivity index (χ4v) is 2.79. The summed E-state index contributed by atoms with van der Waals surface area (Å²) in [5, 5.41) is 22.9. The molecule has 0 spiro atoms. The van der Waals surface area contributed by atoms with Crippen molar-refractivity contribution in [2.24, 2.45) is 0 Å². The van der Waals surface area contributed by atoms with Gasteiger partial charge in [-0.25, -0.2) is 0 Å². The Morgan fingerprint density at radius 1 is 1.24 bits per heavy atom. The third-order valence-corrected chi connectivity index (χ3v) is 3.80. The van der Waals surface area contributed by atoms with Crippen LogP contribution in [0.3, 0.4) is 0 Å². The van der Waals surface area contributed by atoms with Crippen molar-refractivity contribution in [1.29, 1.82) is 0 Å². The molecule has 0 saturated carbocycles. The lowest BCUT2D eigenvalue weighted by Gasteiger charge is -2.29. The summed E-state index contributed by atoms with van der Waals surface area (Å²) in [6, 6.07) is 1.86. The first kappa shape index (κ1) is 14.2. The van der Waals surface area contributed by atoms with Gasteiger partial charge in [0.15, 0.2) is 0 Å². The number of β-amino-alcohol motifs (C(OH)–C–C–N with tert-alkyl or cyclic N) is 1. The zero-order valence-electron chi connectivity index (χ0n) is 12.6. The van der Waals surface area contributed by atoms with E-state index < -0.39 is 6.10 Å². The lowest BCUT2D eigenvalue weighted by atomic mass is 10.2. The van der Waals surface area contributed by atoms with E-state index in [4.69, 9.17) is 0 Å². The number of hydrogen-bond donors (Lipinski definition) is 1. The van der Waals surface area contributed by atoms with Crippen LogP contribution in [0.5, 0.6) is 0 Å². The van der Waals surface area contributed by atoms with Gasteiger partial charge < -0.3 is 9.67 Å². The summed E-state index contributed by atoms with van der Waals surface area (Å²) in [6.07, 6.45) is 3.16. The molecule has 0 fully saturated rings. The quantitative estimate of drug-likeness (QED) is 0.867. The lowest BCUT2D eigenvalue weighted by molar-refractivity contribution is 0.0808. The highest BCUT2D eigenvalue weighted by atomic mass is 16.3. The third kappa shape index (κ3) is 3.14. The molecule has 0 saturated heterocycles. The molecule has 1 aliphatic rings. The van der Waals surface area contributed by atoms with Gasteiger partial charge in [-0.3, -0.25) is 9.58 Å². The van der Waals surface area contributed by atoms with Crippen molar-refractivity contribution in [1.82, 2.24) is 29.4 Å². The standard InChI is InChI=1S/C14H22N6O/c1-11(2)14-17-16-13-10-18(6-7-20(13)14)8-12(21)9-19-5-3-4-15-19/h3-5,11-12,21H,6-10H2,1-2H3/t12-/m0/s1. The molecule has 0 unspecified atom stereocenters. The van der Waals surface area contributed by atoms with Crippen LogP contribution in [-0.2, 0) is 19.6 Å². The van der Waals surface area contributed by atoms with E-state index in [-0.39, 0.29) is 0 Å². The number of rotatable bonds is 5. The fourth-order valence-electron chi connectivity index (χ4n) is 2.79. The summed E-state index contributed by atoms with van der Waals surface area (Å²) in [7, 11) is 0. The van der Waals surface area contributed by atoms with Gasteiger partial charge in [0.25, 0.3) is 0 Å². The van der Waals surface area contributed by atoms with E-state index >= 15 is 0 Å². The summed E-state index contributed by atoms with van der Waals surface area (Å²) in [6.45, 7) is 7.98. The van der Waals surface area contributed by atoms with E-state index in [9.17, 15) is 5.11 Å². The highest BCUT2D eigenvalue weighted by molar-refractivity contribution is 5.02. The first-order valence-electron chi connectivity index (χ1n) is 7.43. The zero-order valence-corrected chi connectivity index (χ0v) is 12.6. The highest BCUT2D eigenvalue weighted by Gasteiger charge is 2.23.